The predicted molar refractivity (Wildman–Crippen MR) is 61.9 cm³/mol. The second-order valence-corrected chi connectivity index (χ2v) is 3.76. The first-order valence-electron chi connectivity index (χ1n) is 5.26. The van der Waals surface area contributed by atoms with Gasteiger partial charge in [-0.2, -0.15) is 0 Å². The van der Waals surface area contributed by atoms with Crippen LogP contribution in [0.4, 0.5) is 0 Å². The van der Waals surface area contributed by atoms with Crippen molar-refractivity contribution >= 4 is 0 Å². The highest BCUT2D eigenvalue weighted by Crippen LogP contribution is 2.19. The first-order chi connectivity index (χ1) is 7.77. The Bertz CT molecular complexity index is 456. The summed E-state index contributed by atoms with van der Waals surface area (Å²) in [7, 11) is 0. The fourth-order valence-corrected chi connectivity index (χ4v) is 1.70. The lowest BCUT2D eigenvalue weighted by molar-refractivity contribution is 0.177. The molecule has 0 aliphatic rings. The average molecular weight is 214 g/mol. The molecule has 0 saturated heterocycles. The summed E-state index contributed by atoms with van der Waals surface area (Å²) in [6, 6.07) is 7.58. The Kier molecular flexibility index (Phi) is 3.27. The third kappa shape index (κ3) is 2.44. The molecule has 2 aromatic rings. The van der Waals surface area contributed by atoms with Gasteiger partial charge in [-0.05, 0) is 24.6 Å². The molecule has 82 valence electrons. The van der Waals surface area contributed by atoms with Gasteiger partial charge in [0, 0.05) is 36.3 Å². The smallest absolute Gasteiger partial charge is 0.0848 e. The summed E-state index contributed by atoms with van der Waals surface area (Å²) in [6.07, 6.45) is 5.29. The minimum absolute atomic E-state index is 0.516. The zero-order valence-electron chi connectivity index (χ0n) is 9.17. The van der Waals surface area contributed by atoms with E-state index >= 15 is 0 Å². The number of rotatable bonds is 3. The summed E-state index contributed by atoms with van der Waals surface area (Å²) < 4.78 is 0. The van der Waals surface area contributed by atoms with Crippen LogP contribution in [0.25, 0.3) is 0 Å². The highest BCUT2D eigenvalue weighted by Gasteiger charge is 2.11. The molecule has 0 saturated carbocycles. The Morgan fingerprint density at radius 1 is 1.25 bits per heavy atom. The van der Waals surface area contributed by atoms with Crippen LogP contribution in [0.5, 0.6) is 0 Å². The lowest BCUT2D eigenvalue weighted by Crippen LogP contribution is -2.04. The van der Waals surface area contributed by atoms with Crippen LogP contribution >= 0.6 is 0 Å². The molecule has 0 fully saturated rings. The Labute approximate surface area is 94.8 Å². The Balaban J connectivity index is 2.15. The van der Waals surface area contributed by atoms with Gasteiger partial charge in [0.05, 0.1) is 6.10 Å². The summed E-state index contributed by atoms with van der Waals surface area (Å²) in [5.41, 5.74) is 2.78. The monoisotopic (exact) mass is 214 g/mol. The van der Waals surface area contributed by atoms with Gasteiger partial charge in [0.15, 0.2) is 0 Å². The van der Waals surface area contributed by atoms with E-state index in [1.807, 2.05) is 31.2 Å². The average Bonchev–Trinajstić information content (AvgIpc) is 2.31. The van der Waals surface area contributed by atoms with Crippen LogP contribution in [-0.4, -0.2) is 15.1 Å². The SMILES string of the molecule is Cc1ncccc1C(O)Cc1cccnc1. The van der Waals surface area contributed by atoms with Crippen molar-refractivity contribution in [3.05, 3.63) is 59.7 Å². The van der Waals surface area contributed by atoms with E-state index < -0.39 is 6.10 Å². The maximum atomic E-state index is 10.1. The highest BCUT2D eigenvalue weighted by molar-refractivity contribution is 5.23. The molecular formula is C13H14N2O. The number of pyridine rings is 2. The number of nitrogens with zero attached hydrogens (tertiary/aromatic N) is 2. The van der Waals surface area contributed by atoms with Crippen LogP contribution in [0.1, 0.15) is 22.9 Å². The van der Waals surface area contributed by atoms with E-state index in [1.54, 1.807) is 18.6 Å². The topological polar surface area (TPSA) is 46.0 Å². The van der Waals surface area contributed by atoms with Gasteiger partial charge in [0.25, 0.3) is 0 Å². The lowest BCUT2D eigenvalue weighted by atomic mass is 10.0. The second-order valence-electron chi connectivity index (χ2n) is 3.76. The van der Waals surface area contributed by atoms with Crippen LogP contribution in [0.2, 0.25) is 0 Å². The number of hydrogen-bond acceptors (Lipinski definition) is 3. The summed E-state index contributed by atoms with van der Waals surface area (Å²) >= 11 is 0. The van der Waals surface area contributed by atoms with Crippen molar-refractivity contribution in [3.8, 4) is 0 Å². The quantitative estimate of drug-likeness (QED) is 0.850. The zero-order valence-corrected chi connectivity index (χ0v) is 9.17. The van der Waals surface area contributed by atoms with Crippen LogP contribution in [-0.2, 0) is 6.42 Å². The molecule has 0 bridgehead atoms. The Morgan fingerprint density at radius 3 is 2.75 bits per heavy atom. The molecule has 1 N–H and O–H groups in total. The Morgan fingerprint density at radius 2 is 2.06 bits per heavy atom. The van der Waals surface area contributed by atoms with Crippen molar-refractivity contribution in [2.45, 2.75) is 19.4 Å². The first-order valence-corrected chi connectivity index (χ1v) is 5.26. The molecule has 3 heteroatoms. The maximum absolute atomic E-state index is 10.1. The van der Waals surface area contributed by atoms with Crippen molar-refractivity contribution in [2.75, 3.05) is 0 Å². The van der Waals surface area contributed by atoms with E-state index in [9.17, 15) is 5.11 Å². The molecule has 0 radical (unpaired) electrons. The predicted octanol–water partition coefficient (Wildman–Crippen LogP) is 2.06. The molecule has 16 heavy (non-hydrogen) atoms. The molecule has 1 unspecified atom stereocenters. The van der Waals surface area contributed by atoms with Crippen molar-refractivity contribution in [1.82, 2.24) is 9.97 Å². The molecule has 0 aliphatic heterocycles. The van der Waals surface area contributed by atoms with Crippen LogP contribution in [0, 0.1) is 6.92 Å². The molecular weight excluding hydrogens is 200 g/mol. The third-order valence-corrected chi connectivity index (χ3v) is 2.56. The molecule has 0 aliphatic carbocycles. The third-order valence-electron chi connectivity index (χ3n) is 2.56. The van der Waals surface area contributed by atoms with E-state index in [2.05, 4.69) is 9.97 Å². The summed E-state index contributed by atoms with van der Waals surface area (Å²) in [4.78, 5) is 8.19. The minimum Gasteiger partial charge on any atom is -0.388 e. The van der Waals surface area contributed by atoms with Gasteiger partial charge < -0.3 is 5.11 Å². The molecule has 2 rings (SSSR count). The van der Waals surface area contributed by atoms with Gasteiger partial charge in [-0.3, -0.25) is 9.97 Å². The van der Waals surface area contributed by atoms with Gasteiger partial charge in [0.1, 0.15) is 0 Å². The van der Waals surface area contributed by atoms with Crippen molar-refractivity contribution < 1.29 is 5.11 Å². The van der Waals surface area contributed by atoms with Crippen molar-refractivity contribution in [2.24, 2.45) is 0 Å². The minimum atomic E-state index is -0.516. The number of aromatic nitrogens is 2. The van der Waals surface area contributed by atoms with Gasteiger partial charge in [-0.1, -0.05) is 12.1 Å². The first kappa shape index (κ1) is 10.8. The number of aliphatic hydroxyl groups is 1. The van der Waals surface area contributed by atoms with Gasteiger partial charge >= 0.3 is 0 Å². The van der Waals surface area contributed by atoms with Crippen LogP contribution in [0.15, 0.2) is 42.9 Å². The highest BCUT2D eigenvalue weighted by atomic mass is 16.3. The molecule has 3 nitrogen and oxygen atoms in total. The zero-order chi connectivity index (χ0) is 11.4. The normalized spacial score (nSPS) is 12.4. The fourth-order valence-electron chi connectivity index (χ4n) is 1.70. The van der Waals surface area contributed by atoms with E-state index in [-0.39, 0.29) is 0 Å². The molecule has 0 amide bonds. The van der Waals surface area contributed by atoms with E-state index in [0.29, 0.717) is 6.42 Å². The number of aryl methyl sites for hydroxylation is 1. The summed E-state index contributed by atoms with van der Waals surface area (Å²) in [5.74, 6) is 0. The molecule has 0 aromatic carbocycles. The second kappa shape index (κ2) is 4.86. The van der Waals surface area contributed by atoms with Gasteiger partial charge in [-0.25, -0.2) is 0 Å². The summed E-state index contributed by atoms with van der Waals surface area (Å²) in [6.45, 7) is 1.90. The molecule has 1 atom stereocenters. The summed E-state index contributed by atoms with van der Waals surface area (Å²) in [5, 5.41) is 10.1. The number of aliphatic hydroxyl groups excluding tert-OH is 1. The van der Waals surface area contributed by atoms with Gasteiger partial charge in [0.2, 0.25) is 0 Å². The molecule has 2 heterocycles. The van der Waals surface area contributed by atoms with E-state index in [0.717, 1.165) is 16.8 Å². The van der Waals surface area contributed by atoms with Crippen molar-refractivity contribution in [1.29, 1.82) is 0 Å². The largest absolute Gasteiger partial charge is 0.388 e. The molecule has 2 aromatic heterocycles. The van der Waals surface area contributed by atoms with E-state index in [1.165, 1.54) is 0 Å². The van der Waals surface area contributed by atoms with Crippen LogP contribution < -0.4 is 0 Å². The number of hydrogen-bond donors (Lipinski definition) is 1. The van der Waals surface area contributed by atoms with Gasteiger partial charge in [-0.15, -0.1) is 0 Å². The van der Waals surface area contributed by atoms with E-state index in [4.69, 9.17) is 0 Å². The maximum Gasteiger partial charge on any atom is 0.0848 e. The molecule has 0 spiro atoms. The van der Waals surface area contributed by atoms with Crippen molar-refractivity contribution in [3.63, 3.8) is 0 Å². The fraction of sp³-hybridized carbons (Fsp3) is 0.231. The lowest BCUT2D eigenvalue weighted by Gasteiger charge is -2.12. The van der Waals surface area contributed by atoms with Crippen LogP contribution in [0.3, 0.4) is 0 Å². The Hall–Kier alpha value is -1.74. The standard InChI is InChI=1S/C13H14N2O/c1-10-12(5-3-7-15-10)13(16)8-11-4-2-6-14-9-11/h2-7,9,13,16H,8H2,1H3.